The molecule has 0 saturated carbocycles. The first-order valence-electron chi connectivity index (χ1n) is 11.2. The van der Waals surface area contributed by atoms with Crippen LogP contribution in [0.25, 0.3) is 10.8 Å². The highest BCUT2D eigenvalue weighted by Crippen LogP contribution is 2.36. The fraction of sp³-hybridized carbons (Fsp3) is 0.0714. The average molecular weight is 497 g/mol. The molecule has 0 bridgehead atoms. The van der Waals surface area contributed by atoms with Crippen LogP contribution in [0.3, 0.4) is 0 Å². The van der Waals surface area contributed by atoms with Gasteiger partial charge in [0.05, 0.1) is 11.4 Å². The largest absolute Gasteiger partial charge is 0.322 e. The molecular weight excluding hydrogens is 476 g/mol. The third kappa shape index (κ3) is 4.56. The number of halogens is 1. The summed E-state index contributed by atoms with van der Waals surface area (Å²) in [6.07, 6.45) is 0. The first-order valence-corrected chi connectivity index (χ1v) is 11.6. The number of amides is 3. The molecule has 0 spiro atoms. The molecule has 0 saturated heterocycles. The zero-order valence-electron chi connectivity index (χ0n) is 19.3. The summed E-state index contributed by atoms with van der Waals surface area (Å²) in [4.78, 5) is 39.5. The van der Waals surface area contributed by atoms with Crippen molar-refractivity contribution in [2.45, 2.75) is 6.92 Å². The van der Waals surface area contributed by atoms with Crippen molar-refractivity contribution in [1.82, 2.24) is 5.43 Å². The number of nitrogens with one attached hydrogen (secondary N) is 2. The van der Waals surface area contributed by atoms with E-state index in [-0.39, 0.29) is 18.4 Å². The summed E-state index contributed by atoms with van der Waals surface area (Å²) in [5.74, 6) is -0.914. The standard InChI is InChI=1S/C28H21ClN4O3/c1-17(19-8-3-11-22(15-19)30-27(35)20-9-2-10-21(29)14-20)31-32-25(34)16-33-24-13-5-7-18-6-4-12-23(26(18)24)28(33)36/h2-15H,16H2,1H3,(H,30,35)(H,32,34)/b31-17+. The number of rotatable bonds is 6. The highest BCUT2D eigenvalue weighted by atomic mass is 35.5. The number of nitrogens with zero attached hydrogens (tertiary/aromatic N) is 2. The number of hydrogen-bond donors (Lipinski definition) is 2. The fourth-order valence-electron chi connectivity index (χ4n) is 4.18. The quantitative estimate of drug-likeness (QED) is 0.282. The van der Waals surface area contributed by atoms with E-state index in [0.29, 0.717) is 38.8 Å². The normalized spacial score (nSPS) is 12.7. The molecule has 0 aliphatic carbocycles. The summed E-state index contributed by atoms with van der Waals surface area (Å²) in [6.45, 7) is 1.59. The molecule has 5 rings (SSSR count). The van der Waals surface area contributed by atoms with Crippen LogP contribution in [0, 0.1) is 0 Å². The van der Waals surface area contributed by atoms with E-state index in [2.05, 4.69) is 15.8 Å². The number of hydrazone groups is 1. The van der Waals surface area contributed by atoms with E-state index in [1.165, 1.54) is 4.90 Å². The molecule has 4 aromatic rings. The Kier molecular flexibility index (Phi) is 6.23. The van der Waals surface area contributed by atoms with E-state index in [9.17, 15) is 14.4 Å². The second-order valence-corrected chi connectivity index (χ2v) is 8.79. The molecule has 3 amide bonds. The van der Waals surface area contributed by atoms with E-state index in [1.807, 2.05) is 36.4 Å². The second kappa shape index (κ2) is 9.64. The summed E-state index contributed by atoms with van der Waals surface area (Å²) in [5, 5.41) is 9.32. The maximum Gasteiger partial charge on any atom is 0.260 e. The summed E-state index contributed by atoms with van der Waals surface area (Å²) in [6, 6.07) is 25.0. The lowest BCUT2D eigenvalue weighted by atomic mass is 10.1. The molecule has 1 heterocycles. The molecule has 0 radical (unpaired) electrons. The Bertz CT molecular complexity index is 1560. The molecule has 7 nitrogen and oxygen atoms in total. The third-order valence-corrected chi connectivity index (χ3v) is 6.16. The van der Waals surface area contributed by atoms with E-state index >= 15 is 0 Å². The van der Waals surface area contributed by atoms with Gasteiger partial charge in [-0.15, -0.1) is 0 Å². The molecule has 178 valence electrons. The van der Waals surface area contributed by atoms with Gasteiger partial charge in [-0.2, -0.15) is 5.10 Å². The molecule has 4 aromatic carbocycles. The minimum atomic E-state index is -0.419. The van der Waals surface area contributed by atoms with Crippen LogP contribution in [-0.4, -0.2) is 30.0 Å². The Hall–Kier alpha value is -4.49. The van der Waals surface area contributed by atoms with Crippen molar-refractivity contribution >= 4 is 57.2 Å². The molecule has 0 fully saturated rings. The minimum absolute atomic E-state index is 0.154. The first kappa shape index (κ1) is 23.3. The van der Waals surface area contributed by atoms with Crippen LogP contribution >= 0.6 is 11.6 Å². The molecule has 2 N–H and O–H groups in total. The van der Waals surface area contributed by atoms with Gasteiger partial charge in [0.1, 0.15) is 6.54 Å². The van der Waals surface area contributed by atoms with Crippen LogP contribution in [0.5, 0.6) is 0 Å². The number of anilines is 2. The van der Waals surface area contributed by atoms with Crippen molar-refractivity contribution < 1.29 is 14.4 Å². The van der Waals surface area contributed by atoms with Crippen LogP contribution < -0.4 is 15.6 Å². The van der Waals surface area contributed by atoms with Gasteiger partial charge in [0, 0.05) is 27.2 Å². The lowest BCUT2D eigenvalue weighted by molar-refractivity contribution is -0.119. The van der Waals surface area contributed by atoms with Gasteiger partial charge in [-0.05, 0) is 60.3 Å². The number of benzene rings is 4. The van der Waals surface area contributed by atoms with Crippen LogP contribution in [0.2, 0.25) is 5.02 Å². The van der Waals surface area contributed by atoms with Gasteiger partial charge < -0.3 is 5.32 Å². The molecule has 1 aliphatic rings. The number of carbonyl (C=O) groups excluding carboxylic acids is 3. The smallest absolute Gasteiger partial charge is 0.260 e. The van der Waals surface area contributed by atoms with Crippen LogP contribution in [0.15, 0.2) is 90.0 Å². The van der Waals surface area contributed by atoms with Crippen LogP contribution in [0.4, 0.5) is 11.4 Å². The Morgan fingerprint density at radius 1 is 0.917 bits per heavy atom. The van der Waals surface area contributed by atoms with Crippen molar-refractivity contribution in [2.24, 2.45) is 5.10 Å². The van der Waals surface area contributed by atoms with Gasteiger partial charge in [-0.25, -0.2) is 5.43 Å². The van der Waals surface area contributed by atoms with Crippen molar-refractivity contribution in [3.63, 3.8) is 0 Å². The zero-order valence-corrected chi connectivity index (χ0v) is 20.0. The van der Waals surface area contributed by atoms with E-state index in [1.54, 1.807) is 55.5 Å². The second-order valence-electron chi connectivity index (χ2n) is 8.35. The monoisotopic (exact) mass is 496 g/mol. The summed E-state index contributed by atoms with van der Waals surface area (Å²) in [7, 11) is 0. The van der Waals surface area contributed by atoms with E-state index < -0.39 is 5.91 Å². The van der Waals surface area contributed by atoms with Gasteiger partial charge in [0.2, 0.25) is 0 Å². The van der Waals surface area contributed by atoms with Gasteiger partial charge in [0.15, 0.2) is 0 Å². The summed E-state index contributed by atoms with van der Waals surface area (Å²) in [5.41, 5.74) is 6.12. The molecule has 0 unspecified atom stereocenters. The predicted molar refractivity (Wildman–Crippen MR) is 142 cm³/mol. The molecule has 0 atom stereocenters. The Balaban J connectivity index is 1.26. The SMILES string of the molecule is C/C(=N\NC(=O)CN1C(=O)c2cccc3cccc1c23)c1cccc(NC(=O)c2cccc(Cl)c2)c1. The molecule has 8 heteroatoms. The molecule has 0 aromatic heterocycles. The average Bonchev–Trinajstić information content (AvgIpc) is 3.15. The number of carbonyl (C=O) groups is 3. The van der Waals surface area contributed by atoms with E-state index in [0.717, 1.165) is 10.8 Å². The Labute approximate surface area is 212 Å². The predicted octanol–water partition coefficient (Wildman–Crippen LogP) is 5.25. The van der Waals surface area contributed by atoms with Crippen LogP contribution in [0.1, 0.15) is 33.2 Å². The minimum Gasteiger partial charge on any atom is -0.322 e. The van der Waals surface area contributed by atoms with Crippen molar-refractivity contribution in [1.29, 1.82) is 0 Å². The van der Waals surface area contributed by atoms with Gasteiger partial charge in [-0.1, -0.05) is 54.1 Å². The van der Waals surface area contributed by atoms with Gasteiger partial charge in [0.25, 0.3) is 17.7 Å². The topological polar surface area (TPSA) is 90.9 Å². The highest BCUT2D eigenvalue weighted by molar-refractivity contribution is 6.31. The van der Waals surface area contributed by atoms with Crippen LogP contribution in [-0.2, 0) is 4.79 Å². The van der Waals surface area contributed by atoms with Gasteiger partial charge in [-0.3, -0.25) is 19.3 Å². The van der Waals surface area contributed by atoms with Gasteiger partial charge >= 0.3 is 0 Å². The number of hydrogen-bond acceptors (Lipinski definition) is 4. The maximum absolute atomic E-state index is 12.9. The van der Waals surface area contributed by atoms with Crippen molar-refractivity contribution in [2.75, 3.05) is 16.8 Å². The lowest BCUT2D eigenvalue weighted by Crippen LogP contribution is -2.37. The zero-order chi connectivity index (χ0) is 25.2. The van der Waals surface area contributed by atoms with E-state index in [4.69, 9.17) is 11.6 Å². The summed E-state index contributed by atoms with van der Waals surface area (Å²) >= 11 is 5.97. The first-order chi connectivity index (χ1) is 17.4. The van der Waals surface area contributed by atoms with Crippen molar-refractivity contribution in [3.05, 3.63) is 107 Å². The fourth-order valence-corrected chi connectivity index (χ4v) is 4.37. The molecule has 36 heavy (non-hydrogen) atoms. The Morgan fingerprint density at radius 3 is 2.44 bits per heavy atom. The highest BCUT2D eigenvalue weighted by Gasteiger charge is 2.30. The molecular formula is C28H21ClN4O3. The summed E-state index contributed by atoms with van der Waals surface area (Å²) < 4.78 is 0. The lowest BCUT2D eigenvalue weighted by Gasteiger charge is -2.16. The maximum atomic E-state index is 12.9. The van der Waals surface area contributed by atoms with Crippen molar-refractivity contribution in [3.8, 4) is 0 Å². The molecule has 1 aliphatic heterocycles. The Morgan fingerprint density at radius 2 is 1.64 bits per heavy atom. The third-order valence-electron chi connectivity index (χ3n) is 5.92.